The Balaban J connectivity index is 1.52. The number of amides is 2. The average molecular weight is 423 g/mol. The van der Waals surface area contributed by atoms with Gasteiger partial charge in [-0.25, -0.2) is 0 Å². The lowest BCUT2D eigenvalue weighted by molar-refractivity contribution is -0.122. The number of carbonyl (C=O) groups is 2. The standard InChI is InChI=1S/C24H30N4O3/c1-26-13-14-28(21(16-26)18-7-3-2-4-8-18)24(31)19-11-12-23(30)27(15-19)17-22(29)25-20-9-5-6-10-20/h2-4,7-8,11-12,15,20-21H,5-6,9-10,13-14,16-17H2,1H3,(H,25,29)/t21-/m0/s1. The molecule has 0 bridgehead atoms. The first-order chi connectivity index (χ1) is 15.0. The van der Waals surface area contributed by atoms with E-state index in [1.54, 1.807) is 6.07 Å². The molecule has 164 valence electrons. The van der Waals surface area contributed by atoms with E-state index in [0.717, 1.165) is 44.3 Å². The molecule has 0 radical (unpaired) electrons. The number of rotatable bonds is 5. The maximum Gasteiger partial charge on any atom is 0.255 e. The fourth-order valence-corrected chi connectivity index (χ4v) is 4.57. The summed E-state index contributed by atoms with van der Waals surface area (Å²) in [5, 5.41) is 3.00. The number of pyridine rings is 1. The number of hydrogen-bond donors (Lipinski definition) is 1. The van der Waals surface area contributed by atoms with Gasteiger partial charge in [-0.3, -0.25) is 14.4 Å². The van der Waals surface area contributed by atoms with E-state index in [-0.39, 0.29) is 36.0 Å². The predicted molar refractivity (Wildman–Crippen MR) is 119 cm³/mol. The Hall–Kier alpha value is -2.93. The molecule has 0 spiro atoms. The lowest BCUT2D eigenvalue weighted by Gasteiger charge is -2.40. The summed E-state index contributed by atoms with van der Waals surface area (Å²) >= 11 is 0. The number of likely N-dealkylation sites (N-methyl/N-ethyl adjacent to an activating group) is 1. The van der Waals surface area contributed by atoms with Crippen LogP contribution in [0.25, 0.3) is 0 Å². The van der Waals surface area contributed by atoms with Crippen molar-refractivity contribution in [3.63, 3.8) is 0 Å². The number of carbonyl (C=O) groups excluding carboxylic acids is 2. The summed E-state index contributed by atoms with van der Waals surface area (Å²) in [6.45, 7) is 2.08. The summed E-state index contributed by atoms with van der Waals surface area (Å²) in [5.41, 5.74) is 1.24. The van der Waals surface area contributed by atoms with Crippen LogP contribution in [-0.4, -0.2) is 58.9 Å². The molecule has 7 nitrogen and oxygen atoms in total. The molecule has 2 aromatic rings. The minimum atomic E-state index is -0.281. The van der Waals surface area contributed by atoms with Crippen LogP contribution >= 0.6 is 0 Å². The van der Waals surface area contributed by atoms with Crippen LogP contribution in [0, 0.1) is 0 Å². The van der Waals surface area contributed by atoms with E-state index in [2.05, 4.69) is 17.3 Å². The van der Waals surface area contributed by atoms with Gasteiger partial charge in [-0.2, -0.15) is 0 Å². The van der Waals surface area contributed by atoms with Crippen LogP contribution in [0.2, 0.25) is 0 Å². The Morgan fingerprint density at radius 2 is 1.77 bits per heavy atom. The molecule has 1 N–H and O–H groups in total. The van der Waals surface area contributed by atoms with E-state index in [1.807, 2.05) is 35.2 Å². The van der Waals surface area contributed by atoms with Gasteiger partial charge in [-0.15, -0.1) is 0 Å². The molecule has 1 saturated heterocycles. The highest BCUT2D eigenvalue weighted by atomic mass is 16.2. The fraction of sp³-hybridized carbons (Fsp3) is 0.458. The molecule has 1 aliphatic heterocycles. The molecule has 1 atom stereocenters. The predicted octanol–water partition coefficient (Wildman–Crippen LogP) is 2.04. The molecule has 1 aromatic heterocycles. The first kappa shape index (κ1) is 21.3. The zero-order chi connectivity index (χ0) is 21.8. The van der Waals surface area contributed by atoms with Crippen LogP contribution in [-0.2, 0) is 11.3 Å². The highest BCUT2D eigenvalue weighted by molar-refractivity contribution is 5.94. The van der Waals surface area contributed by atoms with Gasteiger partial charge in [0.1, 0.15) is 6.54 Å². The van der Waals surface area contributed by atoms with Crippen LogP contribution in [0.3, 0.4) is 0 Å². The minimum Gasteiger partial charge on any atom is -0.352 e. The fourth-order valence-electron chi connectivity index (χ4n) is 4.57. The summed E-state index contributed by atoms with van der Waals surface area (Å²) in [5.74, 6) is -0.299. The zero-order valence-electron chi connectivity index (χ0n) is 18.0. The first-order valence-electron chi connectivity index (χ1n) is 11.1. The topological polar surface area (TPSA) is 74.7 Å². The van der Waals surface area contributed by atoms with Gasteiger partial charge < -0.3 is 19.7 Å². The number of nitrogens with zero attached hydrogens (tertiary/aromatic N) is 3. The maximum atomic E-state index is 13.4. The SMILES string of the molecule is CN1CCN(C(=O)c2ccc(=O)n(CC(=O)NC3CCCC3)c2)[C@H](c2ccccc2)C1. The summed E-state index contributed by atoms with van der Waals surface area (Å²) in [6.07, 6.45) is 5.76. The van der Waals surface area contributed by atoms with Crippen molar-refractivity contribution in [1.82, 2.24) is 19.7 Å². The highest BCUT2D eigenvalue weighted by Gasteiger charge is 2.31. The van der Waals surface area contributed by atoms with Crippen LogP contribution in [0.1, 0.15) is 47.6 Å². The third kappa shape index (κ3) is 5.05. The maximum absolute atomic E-state index is 13.4. The van der Waals surface area contributed by atoms with Gasteiger partial charge in [-0.1, -0.05) is 43.2 Å². The molecular formula is C24H30N4O3. The average Bonchev–Trinajstić information content (AvgIpc) is 3.28. The third-order valence-corrected chi connectivity index (χ3v) is 6.29. The summed E-state index contributed by atoms with van der Waals surface area (Å²) < 4.78 is 1.34. The number of aromatic nitrogens is 1. The van der Waals surface area contributed by atoms with Gasteiger partial charge >= 0.3 is 0 Å². The summed E-state index contributed by atoms with van der Waals surface area (Å²) in [6, 6.07) is 13.1. The second kappa shape index (κ2) is 9.47. The third-order valence-electron chi connectivity index (χ3n) is 6.29. The van der Waals surface area contributed by atoms with Crippen LogP contribution in [0.15, 0.2) is 53.5 Å². The van der Waals surface area contributed by atoms with Crippen molar-refractivity contribution in [2.75, 3.05) is 26.7 Å². The molecular weight excluding hydrogens is 392 g/mol. The van der Waals surface area contributed by atoms with Crippen LogP contribution in [0.4, 0.5) is 0 Å². The van der Waals surface area contributed by atoms with Crippen molar-refractivity contribution in [2.45, 2.75) is 44.3 Å². The molecule has 1 saturated carbocycles. The summed E-state index contributed by atoms with van der Waals surface area (Å²) in [4.78, 5) is 42.2. The summed E-state index contributed by atoms with van der Waals surface area (Å²) in [7, 11) is 2.06. The number of benzene rings is 1. The van der Waals surface area contributed by atoms with Crippen molar-refractivity contribution in [3.05, 3.63) is 70.1 Å². The molecule has 2 heterocycles. The number of piperazine rings is 1. The molecule has 1 aromatic carbocycles. The Bertz CT molecular complexity index is 982. The van der Waals surface area contributed by atoms with Crippen LogP contribution in [0.5, 0.6) is 0 Å². The molecule has 31 heavy (non-hydrogen) atoms. The second-order valence-electron chi connectivity index (χ2n) is 8.62. The minimum absolute atomic E-state index is 0.0570. The molecule has 0 unspecified atom stereocenters. The van der Waals surface area contributed by atoms with Gasteiger partial charge in [0.25, 0.3) is 11.5 Å². The van der Waals surface area contributed by atoms with Gasteiger partial charge in [-0.05, 0) is 31.5 Å². The van der Waals surface area contributed by atoms with Crippen molar-refractivity contribution in [2.24, 2.45) is 0 Å². The van der Waals surface area contributed by atoms with Crippen LogP contribution < -0.4 is 10.9 Å². The van der Waals surface area contributed by atoms with E-state index >= 15 is 0 Å². The van der Waals surface area contributed by atoms with E-state index in [1.165, 1.54) is 16.8 Å². The van der Waals surface area contributed by atoms with Gasteiger partial charge in [0.05, 0.1) is 11.6 Å². The molecule has 2 amide bonds. The molecule has 2 aliphatic rings. The molecule has 4 rings (SSSR count). The largest absolute Gasteiger partial charge is 0.352 e. The van der Waals surface area contributed by atoms with E-state index < -0.39 is 0 Å². The van der Waals surface area contributed by atoms with Gasteiger partial charge in [0.15, 0.2) is 0 Å². The monoisotopic (exact) mass is 422 g/mol. The second-order valence-corrected chi connectivity index (χ2v) is 8.62. The Kier molecular flexibility index (Phi) is 6.51. The van der Waals surface area contributed by atoms with Crippen molar-refractivity contribution >= 4 is 11.8 Å². The number of hydrogen-bond acceptors (Lipinski definition) is 4. The Morgan fingerprint density at radius 3 is 2.52 bits per heavy atom. The van der Waals surface area contributed by atoms with Gasteiger partial charge in [0, 0.05) is 37.9 Å². The van der Waals surface area contributed by atoms with Crippen molar-refractivity contribution < 1.29 is 9.59 Å². The van der Waals surface area contributed by atoms with E-state index in [4.69, 9.17) is 0 Å². The molecule has 2 fully saturated rings. The first-order valence-corrected chi connectivity index (χ1v) is 11.1. The van der Waals surface area contributed by atoms with Crippen molar-refractivity contribution in [3.8, 4) is 0 Å². The lowest BCUT2D eigenvalue weighted by Crippen LogP contribution is -2.49. The van der Waals surface area contributed by atoms with E-state index in [9.17, 15) is 14.4 Å². The zero-order valence-corrected chi connectivity index (χ0v) is 18.0. The number of nitrogens with one attached hydrogen (secondary N) is 1. The highest BCUT2D eigenvalue weighted by Crippen LogP contribution is 2.26. The molecule has 7 heteroatoms. The van der Waals surface area contributed by atoms with E-state index in [0.29, 0.717) is 12.1 Å². The Labute approximate surface area is 182 Å². The van der Waals surface area contributed by atoms with Crippen molar-refractivity contribution in [1.29, 1.82) is 0 Å². The lowest BCUT2D eigenvalue weighted by atomic mass is 10.0. The Morgan fingerprint density at radius 1 is 1.03 bits per heavy atom. The molecule has 1 aliphatic carbocycles. The smallest absolute Gasteiger partial charge is 0.255 e. The normalized spacial score (nSPS) is 20.0. The van der Waals surface area contributed by atoms with Gasteiger partial charge in [0.2, 0.25) is 5.91 Å². The quantitative estimate of drug-likeness (QED) is 0.800.